The maximum Gasteiger partial charge on any atom is 0.256 e. The number of aryl methyl sites for hydroxylation is 1. The van der Waals surface area contributed by atoms with Crippen LogP contribution in [0.25, 0.3) is 0 Å². The van der Waals surface area contributed by atoms with Crippen molar-refractivity contribution in [2.45, 2.75) is 17.6 Å². The van der Waals surface area contributed by atoms with Crippen molar-refractivity contribution < 1.29 is 9.90 Å². The van der Waals surface area contributed by atoms with Crippen molar-refractivity contribution in [1.29, 1.82) is 0 Å². The van der Waals surface area contributed by atoms with Crippen LogP contribution >= 0.6 is 23.1 Å². The smallest absolute Gasteiger partial charge is 0.256 e. The van der Waals surface area contributed by atoms with E-state index in [-0.39, 0.29) is 11.7 Å². The van der Waals surface area contributed by atoms with Gasteiger partial charge in [0, 0.05) is 10.6 Å². The number of hydrogen-bond acceptors (Lipinski definition) is 4. The van der Waals surface area contributed by atoms with Crippen LogP contribution in [0.5, 0.6) is 5.75 Å². The fourth-order valence-electron chi connectivity index (χ4n) is 2.25. The highest BCUT2D eigenvalue weighted by Crippen LogP contribution is 2.29. The van der Waals surface area contributed by atoms with E-state index < -0.39 is 0 Å². The van der Waals surface area contributed by atoms with E-state index in [1.165, 1.54) is 5.56 Å². The van der Waals surface area contributed by atoms with Crippen molar-refractivity contribution in [3.05, 3.63) is 76.0 Å². The Hall–Kier alpha value is -2.24. The normalized spacial score (nSPS) is 10.5. The van der Waals surface area contributed by atoms with E-state index >= 15 is 0 Å². The zero-order chi connectivity index (χ0) is 16.9. The van der Waals surface area contributed by atoms with Crippen molar-refractivity contribution in [2.24, 2.45) is 0 Å². The summed E-state index contributed by atoms with van der Waals surface area (Å²) in [5.74, 6) is 0.679. The van der Waals surface area contributed by atoms with Gasteiger partial charge < -0.3 is 10.4 Å². The number of phenolic OH excluding ortho intramolecular Hbond substituents is 1. The average molecular weight is 355 g/mol. The molecule has 3 aromatic rings. The Morgan fingerprint density at radius 1 is 1.21 bits per heavy atom. The second-order valence-corrected chi connectivity index (χ2v) is 7.19. The minimum Gasteiger partial charge on any atom is -0.506 e. The summed E-state index contributed by atoms with van der Waals surface area (Å²) in [5, 5.41) is 16.9. The molecular weight excluding hydrogens is 338 g/mol. The van der Waals surface area contributed by atoms with Crippen LogP contribution in [0.1, 0.15) is 21.5 Å². The number of amides is 1. The monoisotopic (exact) mass is 355 g/mol. The van der Waals surface area contributed by atoms with Gasteiger partial charge in [-0.3, -0.25) is 4.79 Å². The van der Waals surface area contributed by atoms with E-state index in [1.54, 1.807) is 41.3 Å². The van der Waals surface area contributed by atoms with E-state index in [1.807, 2.05) is 31.2 Å². The van der Waals surface area contributed by atoms with Gasteiger partial charge in [0.15, 0.2) is 0 Å². The highest BCUT2D eigenvalue weighted by atomic mass is 32.2. The van der Waals surface area contributed by atoms with Crippen LogP contribution in [0.15, 0.2) is 64.2 Å². The molecule has 3 nitrogen and oxygen atoms in total. The topological polar surface area (TPSA) is 49.3 Å². The molecule has 1 amide bonds. The van der Waals surface area contributed by atoms with Gasteiger partial charge in [-0.1, -0.05) is 18.2 Å². The molecule has 0 atom stereocenters. The van der Waals surface area contributed by atoms with Crippen LogP contribution in [-0.2, 0) is 5.75 Å². The molecule has 0 saturated heterocycles. The van der Waals surface area contributed by atoms with Gasteiger partial charge in [0.2, 0.25) is 0 Å². The number of phenols is 1. The number of benzene rings is 2. The second-order valence-electron chi connectivity index (χ2n) is 5.39. The first kappa shape index (κ1) is 16.6. The third-order valence-corrected chi connectivity index (χ3v) is 5.38. The molecule has 0 aliphatic rings. The first-order chi connectivity index (χ1) is 11.6. The van der Waals surface area contributed by atoms with E-state index in [9.17, 15) is 9.90 Å². The number of rotatable bonds is 5. The van der Waals surface area contributed by atoms with Crippen LogP contribution in [0.2, 0.25) is 0 Å². The Labute approximate surface area is 149 Å². The summed E-state index contributed by atoms with van der Waals surface area (Å²) in [5.41, 5.74) is 3.22. The fraction of sp³-hybridized carbons (Fsp3) is 0.105. The number of nitrogens with one attached hydrogen (secondary N) is 1. The molecule has 2 N–H and O–H groups in total. The van der Waals surface area contributed by atoms with E-state index in [4.69, 9.17) is 0 Å². The number of thioether (sulfide) groups is 1. The summed E-state index contributed by atoms with van der Waals surface area (Å²) >= 11 is 3.30. The standard InChI is InChI=1S/C19H17NO2S2/c1-13-6-7-16(17(21)10-13)20-19(22)15-4-2-3-5-18(15)24-12-14-8-9-23-11-14/h2-11,21H,12H2,1H3,(H,20,22). The van der Waals surface area contributed by atoms with Gasteiger partial charge in [0.05, 0.1) is 11.3 Å². The SMILES string of the molecule is Cc1ccc(NC(=O)c2ccccc2SCc2ccsc2)c(O)c1. The lowest BCUT2D eigenvalue weighted by Crippen LogP contribution is -2.13. The zero-order valence-corrected chi connectivity index (χ0v) is 14.8. The first-order valence-corrected chi connectivity index (χ1v) is 9.40. The summed E-state index contributed by atoms with van der Waals surface area (Å²) in [6.07, 6.45) is 0. The number of aromatic hydroxyl groups is 1. The zero-order valence-electron chi connectivity index (χ0n) is 13.2. The molecule has 3 rings (SSSR count). The van der Waals surface area contributed by atoms with Crippen LogP contribution in [0.4, 0.5) is 5.69 Å². The number of hydrogen-bond donors (Lipinski definition) is 2. The lowest BCUT2D eigenvalue weighted by atomic mass is 10.2. The average Bonchev–Trinajstić information content (AvgIpc) is 3.09. The van der Waals surface area contributed by atoms with Gasteiger partial charge in [-0.05, 0) is 59.1 Å². The van der Waals surface area contributed by atoms with Crippen LogP contribution in [0, 0.1) is 6.92 Å². The molecule has 0 aliphatic carbocycles. The minimum absolute atomic E-state index is 0.0757. The molecule has 0 radical (unpaired) electrons. The summed E-state index contributed by atoms with van der Waals surface area (Å²) < 4.78 is 0. The van der Waals surface area contributed by atoms with Gasteiger partial charge in [0.25, 0.3) is 5.91 Å². The molecule has 0 unspecified atom stereocenters. The Morgan fingerprint density at radius 2 is 2.04 bits per heavy atom. The van der Waals surface area contributed by atoms with Crippen LogP contribution in [0.3, 0.4) is 0 Å². The molecule has 0 aliphatic heterocycles. The summed E-state index contributed by atoms with van der Waals surface area (Å²) in [4.78, 5) is 13.5. The molecule has 2 aromatic carbocycles. The quantitative estimate of drug-likeness (QED) is 0.482. The molecule has 5 heteroatoms. The number of carbonyl (C=O) groups excluding carboxylic acids is 1. The van der Waals surface area contributed by atoms with Crippen molar-refractivity contribution >= 4 is 34.7 Å². The fourth-order valence-corrected chi connectivity index (χ4v) is 4.02. The van der Waals surface area contributed by atoms with Gasteiger partial charge in [0.1, 0.15) is 5.75 Å². The third kappa shape index (κ3) is 3.99. The molecule has 122 valence electrons. The van der Waals surface area contributed by atoms with Crippen molar-refractivity contribution in [3.8, 4) is 5.75 Å². The predicted octanol–water partition coefficient (Wildman–Crippen LogP) is 5.31. The van der Waals surface area contributed by atoms with Gasteiger partial charge in [-0.15, -0.1) is 11.8 Å². The van der Waals surface area contributed by atoms with Crippen molar-refractivity contribution in [1.82, 2.24) is 0 Å². The molecule has 24 heavy (non-hydrogen) atoms. The lowest BCUT2D eigenvalue weighted by Gasteiger charge is -2.11. The van der Waals surface area contributed by atoms with Crippen LogP contribution in [-0.4, -0.2) is 11.0 Å². The molecule has 0 bridgehead atoms. The summed E-state index contributed by atoms with van der Waals surface area (Å²) in [7, 11) is 0. The second kappa shape index (κ2) is 7.55. The lowest BCUT2D eigenvalue weighted by molar-refractivity contribution is 0.102. The molecule has 1 aromatic heterocycles. The van der Waals surface area contributed by atoms with Crippen LogP contribution < -0.4 is 5.32 Å². The summed E-state index contributed by atoms with van der Waals surface area (Å²) in [6, 6.07) is 14.8. The third-order valence-electron chi connectivity index (χ3n) is 3.51. The first-order valence-electron chi connectivity index (χ1n) is 7.47. The Morgan fingerprint density at radius 3 is 2.79 bits per heavy atom. The van der Waals surface area contributed by atoms with Gasteiger partial charge in [-0.2, -0.15) is 11.3 Å². The highest BCUT2D eigenvalue weighted by Gasteiger charge is 2.13. The summed E-state index contributed by atoms with van der Waals surface area (Å²) in [6.45, 7) is 1.89. The van der Waals surface area contributed by atoms with E-state index in [2.05, 4.69) is 22.1 Å². The van der Waals surface area contributed by atoms with E-state index in [0.29, 0.717) is 11.3 Å². The Balaban J connectivity index is 1.77. The number of carbonyl (C=O) groups is 1. The van der Waals surface area contributed by atoms with E-state index in [0.717, 1.165) is 16.2 Å². The molecule has 0 fully saturated rings. The van der Waals surface area contributed by atoms with Gasteiger partial charge >= 0.3 is 0 Å². The van der Waals surface area contributed by atoms with Crippen molar-refractivity contribution in [2.75, 3.05) is 5.32 Å². The minimum atomic E-state index is -0.220. The van der Waals surface area contributed by atoms with Gasteiger partial charge in [-0.25, -0.2) is 0 Å². The largest absolute Gasteiger partial charge is 0.506 e. The number of thiophene rings is 1. The molecular formula is C19H17NO2S2. The Bertz CT molecular complexity index is 844. The Kier molecular flexibility index (Phi) is 5.23. The molecule has 0 saturated carbocycles. The highest BCUT2D eigenvalue weighted by molar-refractivity contribution is 7.98. The molecule has 1 heterocycles. The maximum atomic E-state index is 12.6. The van der Waals surface area contributed by atoms with Crippen molar-refractivity contribution in [3.63, 3.8) is 0 Å². The maximum absolute atomic E-state index is 12.6. The number of anilines is 1. The predicted molar refractivity (Wildman–Crippen MR) is 101 cm³/mol. The molecule has 0 spiro atoms.